The molecule has 0 aliphatic carbocycles. The lowest BCUT2D eigenvalue weighted by molar-refractivity contribution is 0.470. The molecule has 0 radical (unpaired) electrons. The summed E-state index contributed by atoms with van der Waals surface area (Å²) < 4.78 is 1.14. The normalized spacial score (nSPS) is 13.9. The summed E-state index contributed by atoms with van der Waals surface area (Å²) in [6.07, 6.45) is 0.940. The summed E-state index contributed by atoms with van der Waals surface area (Å²) in [5.41, 5.74) is 2.49. The van der Waals surface area contributed by atoms with E-state index in [4.69, 9.17) is 0 Å². The fourth-order valence-corrected chi connectivity index (χ4v) is 3.02. The summed E-state index contributed by atoms with van der Waals surface area (Å²) in [5.74, 6) is 0.316. The Hall–Kier alpha value is -1.32. The molecular formula is C17H20BrNO. The molecule has 2 aromatic carbocycles. The van der Waals surface area contributed by atoms with Crippen molar-refractivity contribution in [3.8, 4) is 5.75 Å². The third kappa shape index (κ3) is 4.09. The van der Waals surface area contributed by atoms with Crippen LogP contribution in [0.15, 0.2) is 53.0 Å². The predicted molar refractivity (Wildman–Crippen MR) is 87.0 cm³/mol. The monoisotopic (exact) mass is 333 g/mol. The van der Waals surface area contributed by atoms with Gasteiger partial charge in [0.05, 0.1) is 0 Å². The molecule has 2 unspecified atom stereocenters. The molecule has 0 aliphatic rings. The zero-order valence-corrected chi connectivity index (χ0v) is 13.4. The summed E-state index contributed by atoms with van der Waals surface area (Å²) in [7, 11) is 0. The van der Waals surface area contributed by atoms with E-state index in [2.05, 4.69) is 53.3 Å². The van der Waals surface area contributed by atoms with Crippen LogP contribution in [0.25, 0.3) is 0 Å². The van der Waals surface area contributed by atoms with Gasteiger partial charge in [-0.25, -0.2) is 0 Å². The van der Waals surface area contributed by atoms with Crippen molar-refractivity contribution in [2.24, 2.45) is 0 Å². The molecule has 106 valence electrons. The van der Waals surface area contributed by atoms with Crippen LogP contribution in [0.3, 0.4) is 0 Å². The van der Waals surface area contributed by atoms with Crippen molar-refractivity contribution in [1.82, 2.24) is 5.32 Å². The molecule has 0 spiro atoms. The zero-order valence-electron chi connectivity index (χ0n) is 11.8. The van der Waals surface area contributed by atoms with Crippen molar-refractivity contribution < 1.29 is 5.11 Å². The highest BCUT2D eigenvalue weighted by Gasteiger charge is 2.12. The topological polar surface area (TPSA) is 32.3 Å². The number of phenols is 1. The van der Waals surface area contributed by atoms with Gasteiger partial charge in [0, 0.05) is 16.6 Å². The molecule has 2 nitrogen and oxygen atoms in total. The minimum atomic E-state index is 0.290. The predicted octanol–water partition coefficient (Wildman–Crippen LogP) is 4.44. The van der Waals surface area contributed by atoms with Gasteiger partial charge in [0.25, 0.3) is 0 Å². The lowest BCUT2D eigenvalue weighted by Crippen LogP contribution is -2.30. The fraction of sp³-hybridized carbons (Fsp3) is 0.294. The van der Waals surface area contributed by atoms with E-state index >= 15 is 0 Å². The third-order valence-electron chi connectivity index (χ3n) is 3.38. The van der Waals surface area contributed by atoms with Gasteiger partial charge in [0.2, 0.25) is 0 Å². The number of hydrogen-bond acceptors (Lipinski definition) is 2. The summed E-state index contributed by atoms with van der Waals surface area (Å²) in [6.45, 7) is 4.35. The summed E-state index contributed by atoms with van der Waals surface area (Å²) in [5, 5.41) is 12.9. The first-order valence-electron chi connectivity index (χ1n) is 6.84. The van der Waals surface area contributed by atoms with Crippen LogP contribution >= 0.6 is 15.9 Å². The van der Waals surface area contributed by atoms with E-state index < -0.39 is 0 Å². The summed E-state index contributed by atoms with van der Waals surface area (Å²) >= 11 is 3.59. The van der Waals surface area contributed by atoms with Gasteiger partial charge < -0.3 is 10.4 Å². The molecule has 0 heterocycles. The molecule has 0 aliphatic heterocycles. The van der Waals surface area contributed by atoms with E-state index in [-0.39, 0.29) is 6.04 Å². The first-order valence-corrected chi connectivity index (χ1v) is 7.64. The van der Waals surface area contributed by atoms with E-state index in [0.29, 0.717) is 11.8 Å². The highest BCUT2D eigenvalue weighted by Crippen LogP contribution is 2.23. The maximum Gasteiger partial charge on any atom is 0.115 e. The second-order valence-electron chi connectivity index (χ2n) is 5.18. The molecule has 0 amide bonds. The van der Waals surface area contributed by atoms with Crippen LogP contribution in [0.2, 0.25) is 0 Å². The fourth-order valence-electron chi connectivity index (χ4n) is 2.39. The maximum atomic E-state index is 9.29. The van der Waals surface area contributed by atoms with Gasteiger partial charge in [-0.15, -0.1) is 0 Å². The van der Waals surface area contributed by atoms with E-state index in [0.717, 1.165) is 10.9 Å². The second kappa shape index (κ2) is 6.91. The standard InChI is InChI=1S/C17H20BrNO/c1-12(11-14-7-9-15(20)10-8-14)19-13(2)16-5-3-4-6-17(16)18/h3-10,12-13,19-20H,11H2,1-2H3. The number of phenolic OH excluding ortho intramolecular Hbond substituents is 1. The third-order valence-corrected chi connectivity index (χ3v) is 4.11. The van der Waals surface area contributed by atoms with Gasteiger partial charge in [0.1, 0.15) is 5.75 Å². The molecule has 2 rings (SSSR count). The molecule has 3 heteroatoms. The Morgan fingerprint density at radius 1 is 1.05 bits per heavy atom. The lowest BCUT2D eigenvalue weighted by atomic mass is 10.0. The number of hydrogen-bond donors (Lipinski definition) is 2. The van der Waals surface area contributed by atoms with Crippen LogP contribution in [-0.4, -0.2) is 11.1 Å². The lowest BCUT2D eigenvalue weighted by Gasteiger charge is -2.21. The Labute approximate surface area is 129 Å². The van der Waals surface area contributed by atoms with Crippen molar-refractivity contribution >= 4 is 15.9 Å². The highest BCUT2D eigenvalue weighted by molar-refractivity contribution is 9.10. The quantitative estimate of drug-likeness (QED) is 0.847. The van der Waals surface area contributed by atoms with Crippen molar-refractivity contribution in [3.05, 3.63) is 64.1 Å². The van der Waals surface area contributed by atoms with Crippen LogP contribution in [0.1, 0.15) is 31.0 Å². The molecule has 0 saturated carbocycles. The average Bonchev–Trinajstić information content (AvgIpc) is 2.41. The largest absolute Gasteiger partial charge is 0.508 e. The Morgan fingerprint density at radius 2 is 1.70 bits per heavy atom. The van der Waals surface area contributed by atoms with Gasteiger partial charge in [-0.3, -0.25) is 0 Å². The van der Waals surface area contributed by atoms with Crippen molar-refractivity contribution in [3.63, 3.8) is 0 Å². The Morgan fingerprint density at radius 3 is 2.35 bits per heavy atom. The molecular weight excluding hydrogens is 314 g/mol. The molecule has 20 heavy (non-hydrogen) atoms. The van der Waals surface area contributed by atoms with Crippen LogP contribution in [0.4, 0.5) is 0 Å². The molecule has 0 fully saturated rings. The van der Waals surface area contributed by atoms with Crippen LogP contribution in [-0.2, 0) is 6.42 Å². The first-order chi connectivity index (χ1) is 9.56. The van der Waals surface area contributed by atoms with Crippen LogP contribution in [0, 0.1) is 0 Å². The van der Waals surface area contributed by atoms with Crippen molar-refractivity contribution in [2.45, 2.75) is 32.4 Å². The highest BCUT2D eigenvalue weighted by atomic mass is 79.9. The summed E-state index contributed by atoms with van der Waals surface area (Å²) in [4.78, 5) is 0. The molecule has 0 saturated heterocycles. The Balaban J connectivity index is 1.96. The molecule has 2 atom stereocenters. The molecule has 0 bridgehead atoms. The first kappa shape index (κ1) is 15.1. The summed E-state index contributed by atoms with van der Waals surface area (Å²) in [6, 6.07) is 16.3. The minimum absolute atomic E-state index is 0.290. The molecule has 2 N–H and O–H groups in total. The Kier molecular flexibility index (Phi) is 5.21. The molecule has 2 aromatic rings. The smallest absolute Gasteiger partial charge is 0.115 e. The second-order valence-corrected chi connectivity index (χ2v) is 6.04. The average molecular weight is 334 g/mol. The minimum Gasteiger partial charge on any atom is -0.508 e. The van der Waals surface area contributed by atoms with E-state index in [1.54, 1.807) is 12.1 Å². The van der Waals surface area contributed by atoms with E-state index in [9.17, 15) is 5.11 Å². The van der Waals surface area contributed by atoms with Gasteiger partial charge in [0.15, 0.2) is 0 Å². The Bertz CT molecular complexity index is 553. The van der Waals surface area contributed by atoms with Crippen molar-refractivity contribution in [2.75, 3.05) is 0 Å². The van der Waals surface area contributed by atoms with Crippen LogP contribution in [0.5, 0.6) is 5.75 Å². The number of nitrogens with one attached hydrogen (secondary N) is 1. The van der Waals surface area contributed by atoms with Gasteiger partial charge in [-0.1, -0.05) is 46.3 Å². The van der Waals surface area contributed by atoms with E-state index in [1.807, 2.05) is 18.2 Å². The van der Waals surface area contributed by atoms with E-state index in [1.165, 1.54) is 11.1 Å². The van der Waals surface area contributed by atoms with Gasteiger partial charge in [-0.2, -0.15) is 0 Å². The van der Waals surface area contributed by atoms with Gasteiger partial charge in [-0.05, 0) is 49.6 Å². The van der Waals surface area contributed by atoms with Crippen LogP contribution < -0.4 is 5.32 Å². The number of rotatable bonds is 5. The number of aromatic hydroxyl groups is 1. The maximum absolute atomic E-state index is 9.29. The zero-order chi connectivity index (χ0) is 14.5. The van der Waals surface area contributed by atoms with Gasteiger partial charge >= 0.3 is 0 Å². The molecule has 0 aromatic heterocycles. The number of benzene rings is 2. The SMILES string of the molecule is CC(Cc1ccc(O)cc1)NC(C)c1ccccc1Br. The van der Waals surface area contributed by atoms with Crippen molar-refractivity contribution in [1.29, 1.82) is 0 Å². The number of halogens is 1.